The number of hydrogen-bond acceptors (Lipinski definition) is 6. The van der Waals surface area contributed by atoms with Crippen LogP contribution in [0.25, 0.3) is 5.57 Å². The molecule has 2 heterocycles. The minimum atomic E-state index is -0.302. The first kappa shape index (κ1) is 20.8. The fourth-order valence-corrected chi connectivity index (χ4v) is 4.05. The monoisotopic (exact) mass is 453 g/mol. The van der Waals surface area contributed by atoms with Crippen LogP contribution in [0, 0.1) is 5.92 Å². The lowest BCUT2D eigenvalue weighted by Gasteiger charge is -2.23. The molecule has 1 saturated carbocycles. The van der Waals surface area contributed by atoms with E-state index in [9.17, 15) is 9.59 Å². The largest absolute Gasteiger partial charge is 0.491 e. The molecule has 5 rings (SSSR count). The zero-order valence-electron chi connectivity index (χ0n) is 17.5. The summed E-state index contributed by atoms with van der Waals surface area (Å²) >= 11 is 6.30. The zero-order valence-corrected chi connectivity index (χ0v) is 18.3. The van der Waals surface area contributed by atoms with E-state index >= 15 is 0 Å². The van der Waals surface area contributed by atoms with Gasteiger partial charge in [-0.3, -0.25) is 9.59 Å². The van der Waals surface area contributed by atoms with Crippen LogP contribution in [-0.2, 0) is 0 Å². The van der Waals surface area contributed by atoms with Gasteiger partial charge < -0.3 is 15.4 Å². The Morgan fingerprint density at radius 2 is 2.19 bits per heavy atom. The van der Waals surface area contributed by atoms with Crippen LogP contribution in [0.4, 0.5) is 5.95 Å². The number of amides is 1. The first-order chi connectivity index (χ1) is 15.6. The molecule has 1 aromatic heterocycles. The molecule has 1 aliphatic heterocycles. The lowest BCUT2D eigenvalue weighted by molar-refractivity contribution is 0.0858. The number of hydrogen-bond donors (Lipinski definition) is 2. The summed E-state index contributed by atoms with van der Waals surface area (Å²) in [5.41, 5.74) is 1.24. The predicted octanol–water partition coefficient (Wildman–Crippen LogP) is 3.71. The van der Waals surface area contributed by atoms with E-state index in [4.69, 9.17) is 16.3 Å². The molecule has 8 nitrogen and oxygen atoms in total. The molecule has 9 heteroatoms. The number of halogens is 1. The van der Waals surface area contributed by atoms with Gasteiger partial charge in [-0.2, -0.15) is 9.67 Å². The third-order valence-electron chi connectivity index (χ3n) is 5.74. The number of fused-ring (bicyclic) bond motifs is 1. The van der Waals surface area contributed by atoms with Gasteiger partial charge in [0, 0.05) is 12.1 Å². The normalized spacial score (nSPS) is 19.7. The first-order valence-electron chi connectivity index (χ1n) is 10.9. The summed E-state index contributed by atoms with van der Waals surface area (Å²) in [6, 6.07) is 4.82. The molecule has 1 atom stereocenters. The van der Waals surface area contributed by atoms with Crippen molar-refractivity contribution in [1.82, 2.24) is 20.1 Å². The van der Waals surface area contributed by atoms with Gasteiger partial charge in [-0.1, -0.05) is 35.9 Å². The minimum Gasteiger partial charge on any atom is -0.491 e. The molecule has 2 N–H and O–H groups in total. The number of rotatable bonds is 7. The Hall–Kier alpha value is -3.13. The number of nitrogens with one attached hydrogen (secondary N) is 2. The fraction of sp³-hybridized carbons (Fsp3) is 0.391. The predicted molar refractivity (Wildman–Crippen MR) is 121 cm³/mol. The smallest absolute Gasteiger partial charge is 0.256 e. The number of nitrogens with zero attached hydrogens (tertiary/aromatic N) is 3. The van der Waals surface area contributed by atoms with Gasteiger partial charge in [0.05, 0.1) is 23.0 Å². The SMILES string of the molecule is O=C(NCC1CC1)c1c(Cl)cccc1OCC1CC(=O)n2nc(C3=CCCC=C3)nc2N1. The Labute approximate surface area is 190 Å². The minimum absolute atomic E-state index is 0.153. The molecule has 1 unspecified atom stereocenters. The molecular formula is C23H24ClN5O3. The van der Waals surface area contributed by atoms with E-state index in [0.29, 0.717) is 40.6 Å². The molecule has 1 amide bonds. The number of carbonyl (C=O) groups is 2. The lowest BCUT2D eigenvalue weighted by Crippen LogP contribution is -2.38. The van der Waals surface area contributed by atoms with Crippen molar-refractivity contribution in [2.24, 2.45) is 5.92 Å². The molecule has 32 heavy (non-hydrogen) atoms. The number of ether oxygens (including phenoxy) is 1. The average Bonchev–Trinajstić information content (AvgIpc) is 3.53. The Balaban J connectivity index is 1.27. The standard InChI is InChI=1S/C23H24ClN5O3/c24-17-7-4-8-18(20(17)22(31)25-12-14-9-10-14)32-13-16-11-19(30)29-23(26-16)27-21(28-29)15-5-2-1-3-6-15/h2,4-8,14,16H,1,3,9-13H2,(H,25,31)(H,26,27,28). The summed E-state index contributed by atoms with van der Waals surface area (Å²) in [7, 11) is 0. The van der Waals surface area contributed by atoms with Crippen molar-refractivity contribution < 1.29 is 14.3 Å². The topological polar surface area (TPSA) is 98.1 Å². The molecular weight excluding hydrogens is 430 g/mol. The van der Waals surface area contributed by atoms with Gasteiger partial charge in [0.25, 0.3) is 11.8 Å². The second-order valence-corrected chi connectivity index (χ2v) is 8.73. The van der Waals surface area contributed by atoms with Crippen LogP contribution in [-0.4, -0.2) is 45.8 Å². The number of carbonyl (C=O) groups excluding carboxylic acids is 2. The lowest BCUT2D eigenvalue weighted by atomic mass is 10.1. The van der Waals surface area contributed by atoms with Crippen molar-refractivity contribution in [2.75, 3.05) is 18.5 Å². The van der Waals surface area contributed by atoms with E-state index in [1.165, 1.54) is 4.68 Å². The number of anilines is 1. The maximum Gasteiger partial charge on any atom is 0.256 e. The van der Waals surface area contributed by atoms with E-state index in [0.717, 1.165) is 31.3 Å². The van der Waals surface area contributed by atoms with Crippen LogP contribution in [0.3, 0.4) is 0 Å². The summed E-state index contributed by atoms with van der Waals surface area (Å²) in [6.07, 6.45) is 10.5. The molecule has 1 fully saturated rings. The van der Waals surface area contributed by atoms with Crippen molar-refractivity contribution in [3.63, 3.8) is 0 Å². The van der Waals surface area contributed by atoms with Crippen LogP contribution in [0.5, 0.6) is 5.75 Å². The summed E-state index contributed by atoms with van der Waals surface area (Å²) in [6.45, 7) is 0.825. The molecule has 3 aliphatic rings. The Morgan fingerprint density at radius 3 is 2.97 bits per heavy atom. The van der Waals surface area contributed by atoms with Crippen molar-refractivity contribution in [3.05, 3.63) is 52.8 Å². The molecule has 0 saturated heterocycles. The first-order valence-corrected chi connectivity index (χ1v) is 11.3. The van der Waals surface area contributed by atoms with Gasteiger partial charge in [0.15, 0.2) is 5.82 Å². The van der Waals surface area contributed by atoms with E-state index in [-0.39, 0.29) is 30.9 Å². The average molecular weight is 454 g/mol. The van der Waals surface area contributed by atoms with Crippen LogP contribution in [0.15, 0.2) is 36.4 Å². The number of allylic oxidation sites excluding steroid dienone is 4. The van der Waals surface area contributed by atoms with E-state index in [1.807, 2.05) is 6.08 Å². The molecule has 0 radical (unpaired) electrons. The second-order valence-electron chi connectivity index (χ2n) is 8.33. The summed E-state index contributed by atoms with van der Waals surface area (Å²) in [5, 5.41) is 10.9. The van der Waals surface area contributed by atoms with Gasteiger partial charge in [-0.15, -0.1) is 5.10 Å². The van der Waals surface area contributed by atoms with Gasteiger partial charge in [-0.05, 0) is 43.7 Å². The van der Waals surface area contributed by atoms with E-state index in [2.05, 4.69) is 32.9 Å². The second kappa shape index (κ2) is 8.78. The summed E-state index contributed by atoms with van der Waals surface area (Å²) < 4.78 is 7.26. The highest BCUT2D eigenvalue weighted by atomic mass is 35.5. The van der Waals surface area contributed by atoms with Crippen LogP contribution >= 0.6 is 11.6 Å². The Morgan fingerprint density at radius 1 is 1.31 bits per heavy atom. The summed E-state index contributed by atoms with van der Waals surface area (Å²) in [4.78, 5) is 29.8. The van der Waals surface area contributed by atoms with Gasteiger partial charge in [0.1, 0.15) is 12.4 Å². The Kier molecular flexibility index (Phi) is 5.70. The zero-order chi connectivity index (χ0) is 22.1. The highest BCUT2D eigenvalue weighted by molar-refractivity contribution is 6.34. The Bertz CT molecular complexity index is 1120. The molecule has 166 valence electrons. The van der Waals surface area contributed by atoms with Crippen LogP contribution < -0.4 is 15.4 Å². The molecule has 1 aromatic carbocycles. The van der Waals surface area contributed by atoms with Crippen LogP contribution in [0.2, 0.25) is 5.02 Å². The van der Waals surface area contributed by atoms with Crippen molar-refractivity contribution >= 4 is 34.9 Å². The van der Waals surface area contributed by atoms with Gasteiger partial charge in [-0.25, -0.2) is 0 Å². The highest BCUT2D eigenvalue weighted by Crippen LogP contribution is 2.30. The number of benzene rings is 1. The van der Waals surface area contributed by atoms with E-state index < -0.39 is 0 Å². The molecule has 0 bridgehead atoms. The highest BCUT2D eigenvalue weighted by Gasteiger charge is 2.29. The third-order valence-corrected chi connectivity index (χ3v) is 6.06. The molecule has 2 aliphatic carbocycles. The van der Waals surface area contributed by atoms with Crippen molar-refractivity contribution in [1.29, 1.82) is 0 Å². The number of aromatic nitrogens is 3. The molecule has 0 spiro atoms. The fourth-order valence-electron chi connectivity index (χ4n) is 3.80. The van der Waals surface area contributed by atoms with Gasteiger partial charge in [0.2, 0.25) is 5.95 Å². The van der Waals surface area contributed by atoms with Crippen molar-refractivity contribution in [2.45, 2.75) is 38.1 Å². The van der Waals surface area contributed by atoms with E-state index in [1.54, 1.807) is 18.2 Å². The third kappa shape index (κ3) is 4.41. The van der Waals surface area contributed by atoms with Crippen LogP contribution in [0.1, 0.15) is 53.1 Å². The maximum absolute atomic E-state index is 12.7. The summed E-state index contributed by atoms with van der Waals surface area (Å²) in [5.74, 6) is 1.49. The quantitative estimate of drug-likeness (QED) is 0.663. The molecule has 2 aromatic rings. The maximum atomic E-state index is 12.7. The van der Waals surface area contributed by atoms with Crippen molar-refractivity contribution in [3.8, 4) is 5.75 Å². The van der Waals surface area contributed by atoms with Gasteiger partial charge >= 0.3 is 0 Å².